The molecule has 0 fully saturated rings. The number of methoxy groups -OCH3 is 1. The highest BCUT2D eigenvalue weighted by Gasteiger charge is 2.12. The number of ether oxygens (including phenoxy) is 1. The molecular weight excluding hydrogens is 364 g/mol. The molecule has 7 nitrogen and oxygen atoms in total. The smallest absolute Gasteiger partial charge is 0.407 e. The van der Waals surface area contributed by atoms with Crippen LogP contribution < -0.4 is 5.32 Å². The van der Waals surface area contributed by atoms with Gasteiger partial charge < -0.3 is 14.5 Å². The van der Waals surface area contributed by atoms with Crippen LogP contribution in [0, 0.1) is 0 Å². The van der Waals surface area contributed by atoms with E-state index >= 15 is 0 Å². The highest BCUT2D eigenvalue weighted by atomic mass is 32.1. The van der Waals surface area contributed by atoms with Crippen molar-refractivity contribution < 1.29 is 13.9 Å². The molecule has 0 aliphatic rings. The van der Waals surface area contributed by atoms with Gasteiger partial charge in [-0.15, -0.1) is 21.5 Å². The van der Waals surface area contributed by atoms with E-state index < -0.39 is 6.09 Å². The van der Waals surface area contributed by atoms with Gasteiger partial charge in [-0.25, -0.2) is 9.78 Å². The molecule has 2 aromatic heterocycles. The molecule has 2 heterocycles. The zero-order valence-electron chi connectivity index (χ0n) is 14.5. The third-order valence-electron chi connectivity index (χ3n) is 3.92. The quantitative estimate of drug-likeness (QED) is 0.566. The van der Waals surface area contributed by atoms with E-state index in [1.807, 2.05) is 24.3 Å². The van der Waals surface area contributed by atoms with Crippen molar-refractivity contribution in [2.75, 3.05) is 7.11 Å². The molecule has 0 saturated carbocycles. The minimum absolute atomic E-state index is 0.125. The van der Waals surface area contributed by atoms with Crippen molar-refractivity contribution in [3.8, 4) is 11.1 Å². The molecule has 0 radical (unpaired) electrons. The molecule has 0 saturated heterocycles. The van der Waals surface area contributed by atoms with Crippen LogP contribution in [0.15, 0.2) is 52.9 Å². The Morgan fingerprint density at radius 2 is 1.93 bits per heavy atom. The van der Waals surface area contributed by atoms with E-state index in [9.17, 15) is 4.79 Å². The Morgan fingerprint density at radius 3 is 2.74 bits per heavy atom. The lowest BCUT2D eigenvalue weighted by Crippen LogP contribution is -2.22. The first kappa shape index (κ1) is 17.2. The molecule has 0 unspecified atom stereocenters. The van der Waals surface area contributed by atoms with Crippen LogP contribution in [-0.2, 0) is 17.7 Å². The predicted octanol–water partition coefficient (Wildman–Crippen LogP) is 3.79. The zero-order chi connectivity index (χ0) is 18.6. The fourth-order valence-electron chi connectivity index (χ4n) is 2.64. The summed E-state index contributed by atoms with van der Waals surface area (Å²) >= 11 is 1.60. The number of hydrogen-bond donors (Lipinski definition) is 1. The van der Waals surface area contributed by atoms with Crippen molar-refractivity contribution in [3.63, 3.8) is 0 Å². The number of carbonyl (C=O) groups is 1. The number of amides is 1. The second-order valence-electron chi connectivity index (χ2n) is 5.77. The number of nitrogens with one attached hydrogen (secondary N) is 1. The van der Waals surface area contributed by atoms with Gasteiger partial charge in [-0.1, -0.05) is 36.4 Å². The first-order valence-corrected chi connectivity index (χ1v) is 9.11. The number of nitrogens with zero attached hydrogens (tertiary/aromatic N) is 3. The van der Waals surface area contributed by atoms with Gasteiger partial charge in [0.05, 0.1) is 30.3 Å². The van der Waals surface area contributed by atoms with Crippen LogP contribution in [0.3, 0.4) is 0 Å². The van der Waals surface area contributed by atoms with Gasteiger partial charge in [-0.3, -0.25) is 0 Å². The zero-order valence-corrected chi connectivity index (χ0v) is 15.3. The van der Waals surface area contributed by atoms with Crippen molar-refractivity contribution in [1.29, 1.82) is 0 Å². The molecule has 27 heavy (non-hydrogen) atoms. The van der Waals surface area contributed by atoms with Crippen LogP contribution in [0.2, 0.25) is 0 Å². The number of thiazole rings is 1. The molecule has 0 aliphatic carbocycles. The maximum absolute atomic E-state index is 11.1. The number of hydrogen-bond acceptors (Lipinski definition) is 7. The summed E-state index contributed by atoms with van der Waals surface area (Å²) in [6.45, 7) is 0.125. The molecule has 8 heteroatoms. The van der Waals surface area contributed by atoms with Crippen LogP contribution in [-0.4, -0.2) is 28.4 Å². The molecule has 1 amide bonds. The second-order valence-corrected chi connectivity index (χ2v) is 6.88. The summed E-state index contributed by atoms with van der Waals surface area (Å²) in [4.78, 5) is 15.7. The van der Waals surface area contributed by atoms with Crippen molar-refractivity contribution in [1.82, 2.24) is 20.5 Å². The molecule has 4 aromatic rings. The largest absolute Gasteiger partial charge is 0.453 e. The summed E-state index contributed by atoms with van der Waals surface area (Å²) < 4.78 is 11.2. The molecular formula is C19H16N4O3S. The lowest BCUT2D eigenvalue weighted by molar-refractivity contribution is 0.169. The molecule has 0 spiro atoms. The number of rotatable bonds is 5. The Kier molecular flexibility index (Phi) is 4.80. The van der Waals surface area contributed by atoms with Gasteiger partial charge in [-0.2, -0.15) is 0 Å². The van der Waals surface area contributed by atoms with Crippen molar-refractivity contribution >= 4 is 27.6 Å². The summed E-state index contributed by atoms with van der Waals surface area (Å²) in [6, 6.07) is 16.5. The van der Waals surface area contributed by atoms with Crippen LogP contribution in [0.25, 0.3) is 21.3 Å². The number of benzene rings is 2. The molecule has 0 bridgehead atoms. The third-order valence-corrected chi connectivity index (χ3v) is 4.94. The predicted molar refractivity (Wildman–Crippen MR) is 101 cm³/mol. The summed E-state index contributed by atoms with van der Waals surface area (Å²) in [5.41, 5.74) is 3.28. The molecule has 136 valence electrons. The molecule has 1 N–H and O–H groups in total. The SMILES string of the molecule is COC(=O)NCc1nnc(Cc2nc3ccc(-c4ccccc4)cc3s2)o1. The molecule has 2 aromatic carbocycles. The van der Waals surface area contributed by atoms with Gasteiger partial charge in [0, 0.05) is 0 Å². The highest BCUT2D eigenvalue weighted by molar-refractivity contribution is 7.18. The highest BCUT2D eigenvalue weighted by Crippen LogP contribution is 2.29. The van der Waals surface area contributed by atoms with Gasteiger partial charge in [0.1, 0.15) is 5.01 Å². The number of aromatic nitrogens is 3. The average Bonchev–Trinajstić information content (AvgIpc) is 3.32. The normalized spacial score (nSPS) is 10.9. The second kappa shape index (κ2) is 7.55. The molecule has 4 rings (SSSR count). The van der Waals surface area contributed by atoms with E-state index in [0.717, 1.165) is 20.8 Å². The van der Waals surface area contributed by atoms with Crippen LogP contribution in [0.1, 0.15) is 16.8 Å². The van der Waals surface area contributed by atoms with Crippen LogP contribution in [0.5, 0.6) is 0 Å². The number of carbonyl (C=O) groups excluding carboxylic acids is 1. The van der Waals surface area contributed by atoms with Crippen molar-refractivity contribution in [3.05, 3.63) is 65.3 Å². The van der Waals surface area contributed by atoms with Crippen LogP contribution in [0.4, 0.5) is 4.79 Å². The third kappa shape index (κ3) is 3.95. The van der Waals surface area contributed by atoms with Crippen molar-refractivity contribution in [2.24, 2.45) is 0 Å². The maximum atomic E-state index is 11.1. The first-order chi connectivity index (χ1) is 13.2. The van der Waals surface area contributed by atoms with E-state index in [1.165, 1.54) is 12.7 Å². The monoisotopic (exact) mass is 380 g/mol. The lowest BCUT2D eigenvalue weighted by atomic mass is 10.1. The topological polar surface area (TPSA) is 90.1 Å². The van der Waals surface area contributed by atoms with E-state index in [4.69, 9.17) is 4.42 Å². The Morgan fingerprint density at radius 1 is 1.11 bits per heavy atom. The summed E-state index contributed by atoms with van der Waals surface area (Å²) in [5.74, 6) is 0.780. The van der Waals surface area contributed by atoms with Gasteiger partial charge in [0.15, 0.2) is 0 Å². The minimum Gasteiger partial charge on any atom is -0.453 e. The Hall–Kier alpha value is -3.26. The van der Waals surface area contributed by atoms with E-state index in [1.54, 1.807) is 11.3 Å². The van der Waals surface area contributed by atoms with Gasteiger partial charge >= 0.3 is 6.09 Å². The Bertz CT molecular complexity index is 1070. The summed E-state index contributed by atoms with van der Waals surface area (Å²) in [5, 5.41) is 11.3. The maximum Gasteiger partial charge on any atom is 0.407 e. The van der Waals surface area contributed by atoms with Gasteiger partial charge in [-0.05, 0) is 23.3 Å². The molecule has 0 atom stereocenters. The summed E-state index contributed by atoms with van der Waals surface area (Å²) in [7, 11) is 1.30. The first-order valence-electron chi connectivity index (χ1n) is 8.29. The van der Waals surface area contributed by atoms with E-state index in [-0.39, 0.29) is 6.54 Å². The van der Waals surface area contributed by atoms with Crippen LogP contribution >= 0.6 is 11.3 Å². The number of alkyl carbamates (subject to hydrolysis) is 1. The fraction of sp³-hybridized carbons (Fsp3) is 0.158. The summed E-state index contributed by atoms with van der Waals surface area (Å²) in [6.07, 6.45) is -0.0965. The molecule has 0 aliphatic heterocycles. The average molecular weight is 380 g/mol. The standard InChI is InChI=1S/C19H16N4O3S/c1-25-19(24)20-11-17-23-22-16(26-17)10-18-21-14-8-7-13(9-15(14)27-18)12-5-3-2-4-6-12/h2-9H,10-11H2,1H3,(H,20,24). The Labute approximate surface area is 159 Å². The fourth-order valence-corrected chi connectivity index (χ4v) is 3.64. The van der Waals surface area contributed by atoms with E-state index in [2.05, 4.69) is 49.5 Å². The van der Waals surface area contributed by atoms with Crippen molar-refractivity contribution in [2.45, 2.75) is 13.0 Å². The number of fused-ring (bicyclic) bond motifs is 1. The van der Waals surface area contributed by atoms with E-state index in [0.29, 0.717) is 18.2 Å². The van der Waals surface area contributed by atoms with Gasteiger partial charge in [0.25, 0.3) is 0 Å². The Balaban J connectivity index is 1.50. The lowest BCUT2D eigenvalue weighted by Gasteiger charge is -2.00. The minimum atomic E-state index is -0.546. The van der Waals surface area contributed by atoms with Gasteiger partial charge in [0.2, 0.25) is 11.8 Å².